The Labute approximate surface area is 126 Å². The van der Waals surface area contributed by atoms with Gasteiger partial charge in [-0.15, -0.1) is 0 Å². The molecule has 1 aromatic carbocycles. The van der Waals surface area contributed by atoms with E-state index in [4.69, 9.17) is 4.74 Å². The molecule has 1 rings (SSSR count). The molecule has 0 aromatic heterocycles. The minimum atomic E-state index is -0.366. The van der Waals surface area contributed by atoms with Crippen LogP contribution in [0.25, 0.3) is 0 Å². The van der Waals surface area contributed by atoms with E-state index in [0.29, 0.717) is 24.3 Å². The summed E-state index contributed by atoms with van der Waals surface area (Å²) in [5.74, 6) is -0.515. The number of unbranched alkanes of at least 4 members (excludes halogenated alkanes) is 3. The van der Waals surface area contributed by atoms with Crippen LogP contribution in [0.2, 0.25) is 0 Å². The minimum Gasteiger partial charge on any atom is -0.462 e. The molecule has 0 radical (unpaired) electrons. The second-order valence-electron chi connectivity index (χ2n) is 5.03. The summed E-state index contributed by atoms with van der Waals surface area (Å²) in [4.78, 5) is 23.8. The monoisotopic (exact) mass is 291 g/mol. The van der Waals surface area contributed by atoms with Crippen molar-refractivity contribution in [2.24, 2.45) is 0 Å². The van der Waals surface area contributed by atoms with Gasteiger partial charge in [-0.05, 0) is 31.0 Å². The van der Waals surface area contributed by atoms with Crippen LogP contribution in [0.4, 0.5) is 0 Å². The molecule has 4 heteroatoms. The molecule has 116 valence electrons. The van der Waals surface area contributed by atoms with Crippen molar-refractivity contribution in [1.29, 1.82) is 0 Å². The van der Waals surface area contributed by atoms with E-state index in [1.54, 1.807) is 24.3 Å². The van der Waals surface area contributed by atoms with E-state index in [1.807, 2.05) is 0 Å². The molecule has 0 atom stereocenters. The summed E-state index contributed by atoms with van der Waals surface area (Å²) in [6, 6.07) is 6.67. The number of esters is 1. The standard InChI is InChI=1S/C17H25NO3/c1-3-5-7-12-21-17(20)15-10-8-9-14(13-15)16(19)18-11-6-4-2/h8-10,13H,3-7,11-12H2,1-2H3,(H,18,19). The third kappa shape index (κ3) is 6.43. The van der Waals surface area contributed by atoms with Gasteiger partial charge in [0, 0.05) is 12.1 Å². The van der Waals surface area contributed by atoms with Gasteiger partial charge < -0.3 is 10.1 Å². The van der Waals surface area contributed by atoms with Gasteiger partial charge in [-0.1, -0.05) is 39.2 Å². The van der Waals surface area contributed by atoms with Crippen molar-refractivity contribution in [2.75, 3.05) is 13.2 Å². The van der Waals surface area contributed by atoms with E-state index in [1.165, 1.54) is 0 Å². The zero-order valence-corrected chi connectivity index (χ0v) is 13.0. The van der Waals surface area contributed by atoms with Gasteiger partial charge in [0.25, 0.3) is 5.91 Å². The first-order valence-corrected chi connectivity index (χ1v) is 7.74. The Morgan fingerprint density at radius 3 is 2.48 bits per heavy atom. The first-order valence-electron chi connectivity index (χ1n) is 7.74. The highest BCUT2D eigenvalue weighted by Crippen LogP contribution is 2.08. The maximum Gasteiger partial charge on any atom is 0.338 e. The summed E-state index contributed by atoms with van der Waals surface area (Å²) in [7, 11) is 0. The molecule has 21 heavy (non-hydrogen) atoms. The Balaban J connectivity index is 2.54. The van der Waals surface area contributed by atoms with E-state index < -0.39 is 0 Å². The summed E-state index contributed by atoms with van der Waals surface area (Å²) in [5, 5.41) is 2.83. The van der Waals surface area contributed by atoms with Gasteiger partial charge in [0.15, 0.2) is 0 Å². The fourth-order valence-corrected chi connectivity index (χ4v) is 1.87. The summed E-state index contributed by atoms with van der Waals surface area (Å²) in [6.07, 6.45) is 4.99. The Bertz CT molecular complexity index is 457. The molecule has 1 aromatic rings. The maximum absolute atomic E-state index is 11.9. The highest BCUT2D eigenvalue weighted by atomic mass is 16.5. The number of carbonyl (C=O) groups excluding carboxylic acids is 2. The average molecular weight is 291 g/mol. The van der Waals surface area contributed by atoms with E-state index in [-0.39, 0.29) is 11.9 Å². The quantitative estimate of drug-likeness (QED) is 0.559. The molecule has 0 aliphatic rings. The molecule has 0 fully saturated rings. The average Bonchev–Trinajstić information content (AvgIpc) is 2.51. The van der Waals surface area contributed by atoms with Gasteiger partial charge in [0.2, 0.25) is 0 Å². The van der Waals surface area contributed by atoms with Crippen LogP contribution >= 0.6 is 0 Å². The lowest BCUT2D eigenvalue weighted by atomic mass is 10.1. The van der Waals surface area contributed by atoms with Crippen LogP contribution in [-0.4, -0.2) is 25.0 Å². The number of ether oxygens (including phenoxy) is 1. The van der Waals surface area contributed by atoms with Crippen LogP contribution in [0.3, 0.4) is 0 Å². The van der Waals surface area contributed by atoms with E-state index in [2.05, 4.69) is 19.2 Å². The molecule has 0 aliphatic carbocycles. The third-order valence-electron chi connectivity index (χ3n) is 3.16. The van der Waals surface area contributed by atoms with Gasteiger partial charge in [-0.2, -0.15) is 0 Å². The van der Waals surface area contributed by atoms with E-state index in [0.717, 1.165) is 32.1 Å². The number of nitrogens with one attached hydrogen (secondary N) is 1. The largest absolute Gasteiger partial charge is 0.462 e. The molecule has 0 heterocycles. The molecular weight excluding hydrogens is 266 g/mol. The second kappa shape index (κ2) is 9.97. The first-order chi connectivity index (χ1) is 10.2. The van der Waals surface area contributed by atoms with Gasteiger partial charge in [0.1, 0.15) is 0 Å². The molecule has 0 bridgehead atoms. The summed E-state index contributed by atoms with van der Waals surface area (Å²) < 4.78 is 5.19. The number of benzene rings is 1. The van der Waals surface area contributed by atoms with Crippen molar-refractivity contribution in [1.82, 2.24) is 5.32 Å². The highest BCUT2D eigenvalue weighted by molar-refractivity contribution is 5.97. The molecule has 0 saturated carbocycles. The van der Waals surface area contributed by atoms with Crippen LogP contribution in [0.15, 0.2) is 24.3 Å². The minimum absolute atomic E-state index is 0.149. The summed E-state index contributed by atoms with van der Waals surface area (Å²) >= 11 is 0. The SMILES string of the molecule is CCCCCOC(=O)c1cccc(C(=O)NCCCC)c1. The highest BCUT2D eigenvalue weighted by Gasteiger charge is 2.11. The number of carbonyl (C=O) groups is 2. The zero-order chi connectivity index (χ0) is 15.5. The van der Waals surface area contributed by atoms with Crippen LogP contribution in [0.1, 0.15) is 66.7 Å². The maximum atomic E-state index is 11.9. The van der Waals surface area contributed by atoms with Gasteiger partial charge in [-0.3, -0.25) is 4.79 Å². The molecular formula is C17H25NO3. The van der Waals surface area contributed by atoms with E-state index >= 15 is 0 Å². The molecule has 1 N–H and O–H groups in total. The smallest absolute Gasteiger partial charge is 0.338 e. The van der Waals surface area contributed by atoms with Crippen molar-refractivity contribution in [3.05, 3.63) is 35.4 Å². The Hall–Kier alpha value is -1.84. The Kier molecular flexibility index (Phi) is 8.17. The normalized spacial score (nSPS) is 10.2. The van der Waals surface area contributed by atoms with Gasteiger partial charge >= 0.3 is 5.97 Å². The topological polar surface area (TPSA) is 55.4 Å². The van der Waals surface area contributed by atoms with Crippen molar-refractivity contribution in [3.8, 4) is 0 Å². The van der Waals surface area contributed by atoms with Crippen LogP contribution < -0.4 is 5.32 Å². The number of hydrogen-bond donors (Lipinski definition) is 1. The molecule has 1 amide bonds. The lowest BCUT2D eigenvalue weighted by Crippen LogP contribution is -2.24. The zero-order valence-electron chi connectivity index (χ0n) is 13.0. The lowest BCUT2D eigenvalue weighted by molar-refractivity contribution is 0.0498. The summed E-state index contributed by atoms with van der Waals surface area (Å²) in [5.41, 5.74) is 0.920. The predicted octanol–water partition coefficient (Wildman–Crippen LogP) is 3.56. The molecule has 0 spiro atoms. The lowest BCUT2D eigenvalue weighted by Gasteiger charge is -2.07. The van der Waals surface area contributed by atoms with Crippen LogP contribution in [0, 0.1) is 0 Å². The Morgan fingerprint density at radius 2 is 1.76 bits per heavy atom. The second-order valence-corrected chi connectivity index (χ2v) is 5.03. The Morgan fingerprint density at radius 1 is 1.05 bits per heavy atom. The van der Waals surface area contributed by atoms with Crippen molar-refractivity contribution in [3.63, 3.8) is 0 Å². The molecule has 0 aliphatic heterocycles. The van der Waals surface area contributed by atoms with Gasteiger partial charge in [0.05, 0.1) is 12.2 Å². The predicted molar refractivity (Wildman–Crippen MR) is 83.5 cm³/mol. The third-order valence-corrected chi connectivity index (χ3v) is 3.16. The van der Waals surface area contributed by atoms with Crippen LogP contribution in [-0.2, 0) is 4.74 Å². The van der Waals surface area contributed by atoms with Crippen molar-refractivity contribution < 1.29 is 14.3 Å². The molecule has 0 saturated heterocycles. The fourth-order valence-electron chi connectivity index (χ4n) is 1.87. The van der Waals surface area contributed by atoms with Crippen molar-refractivity contribution >= 4 is 11.9 Å². The number of hydrogen-bond acceptors (Lipinski definition) is 3. The van der Waals surface area contributed by atoms with Gasteiger partial charge in [-0.25, -0.2) is 4.79 Å². The summed E-state index contributed by atoms with van der Waals surface area (Å²) in [6.45, 7) is 5.25. The van der Waals surface area contributed by atoms with Crippen molar-refractivity contribution in [2.45, 2.75) is 46.0 Å². The van der Waals surface area contributed by atoms with Crippen LogP contribution in [0.5, 0.6) is 0 Å². The number of amides is 1. The number of rotatable bonds is 9. The van der Waals surface area contributed by atoms with E-state index in [9.17, 15) is 9.59 Å². The molecule has 0 unspecified atom stereocenters. The molecule has 4 nitrogen and oxygen atoms in total. The first kappa shape index (κ1) is 17.2. The fraction of sp³-hybridized carbons (Fsp3) is 0.529.